The van der Waals surface area contributed by atoms with E-state index in [0.29, 0.717) is 25.8 Å². The summed E-state index contributed by atoms with van der Waals surface area (Å²) in [4.78, 5) is 16.0. The maximum Gasteiger partial charge on any atom is 0.391 e. The Morgan fingerprint density at radius 1 is 1.35 bits per heavy atom. The molecule has 0 radical (unpaired) electrons. The first kappa shape index (κ1) is 17.6. The van der Waals surface area contributed by atoms with Gasteiger partial charge in [0.1, 0.15) is 0 Å². The highest BCUT2D eigenvalue weighted by atomic mass is 19.4. The Morgan fingerprint density at radius 2 is 2.13 bits per heavy atom. The van der Waals surface area contributed by atoms with Crippen LogP contribution in [0.2, 0.25) is 0 Å². The second-order valence-corrected chi connectivity index (χ2v) is 6.06. The van der Waals surface area contributed by atoms with Crippen LogP contribution in [0.15, 0.2) is 18.3 Å². The Morgan fingerprint density at radius 3 is 2.78 bits per heavy atom. The molecule has 2 N–H and O–H groups in total. The average Bonchev–Trinajstić information content (AvgIpc) is 2.49. The van der Waals surface area contributed by atoms with Crippen LogP contribution in [0.5, 0.6) is 0 Å². The first-order valence-electron chi connectivity index (χ1n) is 7.87. The third-order valence-electron chi connectivity index (χ3n) is 4.14. The largest absolute Gasteiger partial charge is 0.391 e. The van der Waals surface area contributed by atoms with Crippen molar-refractivity contribution in [1.29, 1.82) is 0 Å². The van der Waals surface area contributed by atoms with Crippen LogP contribution in [-0.4, -0.2) is 29.8 Å². The summed E-state index contributed by atoms with van der Waals surface area (Å²) in [7, 11) is 0. The minimum absolute atomic E-state index is 0.0290. The molecule has 1 saturated carbocycles. The fourth-order valence-corrected chi connectivity index (χ4v) is 2.82. The molecule has 7 heteroatoms. The Labute approximate surface area is 133 Å². The van der Waals surface area contributed by atoms with Gasteiger partial charge in [-0.3, -0.25) is 4.98 Å². The van der Waals surface area contributed by atoms with E-state index in [1.54, 1.807) is 6.20 Å². The molecule has 0 spiro atoms. The number of hydrogen-bond donors (Lipinski definition) is 2. The summed E-state index contributed by atoms with van der Waals surface area (Å²) >= 11 is 0. The van der Waals surface area contributed by atoms with Gasteiger partial charge in [-0.15, -0.1) is 0 Å². The van der Waals surface area contributed by atoms with E-state index >= 15 is 0 Å². The molecular formula is C16H22F3N3O. The van der Waals surface area contributed by atoms with E-state index in [9.17, 15) is 18.0 Å². The Hall–Kier alpha value is -1.79. The van der Waals surface area contributed by atoms with E-state index in [0.717, 1.165) is 11.3 Å². The van der Waals surface area contributed by atoms with Gasteiger partial charge in [0.2, 0.25) is 0 Å². The lowest BCUT2D eigenvalue weighted by Gasteiger charge is -2.31. The maximum atomic E-state index is 12.7. The third kappa shape index (κ3) is 5.73. The van der Waals surface area contributed by atoms with Gasteiger partial charge in [0.15, 0.2) is 0 Å². The third-order valence-corrected chi connectivity index (χ3v) is 4.14. The molecule has 0 aliphatic heterocycles. The lowest BCUT2D eigenvalue weighted by atomic mass is 9.85. The first-order chi connectivity index (χ1) is 10.8. The molecule has 2 atom stereocenters. The minimum atomic E-state index is -4.17. The van der Waals surface area contributed by atoms with Crippen molar-refractivity contribution in [1.82, 2.24) is 15.6 Å². The smallest absolute Gasteiger partial charge is 0.338 e. The molecular weight excluding hydrogens is 307 g/mol. The number of amides is 2. The molecule has 0 saturated heterocycles. The zero-order valence-corrected chi connectivity index (χ0v) is 13.1. The van der Waals surface area contributed by atoms with E-state index < -0.39 is 24.2 Å². The summed E-state index contributed by atoms with van der Waals surface area (Å²) < 4.78 is 38.2. The molecule has 1 heterocycles. The molecule has 0 bridgehead atoms. The van der Waals surface area contributed by atoms with Gasteiger partial charge in [-0.2, -0.15) is 13.2 Å². The maximum absolute atomic E-state index is 12.7. The number of aryl methyl sites for hydroxylation is 1. The van der Waals surface area contributed by atoms with Crippen molar-refractivity contribution in [2.45, 2.75) is 51.2 Å². The second-order valence-electron chi connectivity index (χ2n) is 6.06. The van der Waals surface area contributed by atoms with E-state index in [1.807, 2.05) is 19.1 Å². The van der Waals surface area contributed by atoms with Crippen LogP contribution >= 0.6 is 0 Å². The molecule has 0 aromatic carbocycles. The fraction of sp³-hybridized carbons (Fsp3) is 0.625. The van der Waals surface area contributed by atoms with Gasteiger partial charge in [0.05, 0.1) is 5.92 Å². The summed E-state index contributed by atoms with van der Waals surface area (Å²) in [5, 5.41) is 5.34. The molecule has 1 aliphatic rings. The van der Waals surface area contributed by atoms with Crippen LogP contribution in [0.25, 0.3) is 0 Å². The summed E-state index contributed by atoms with van der Waals surface area (Å²) in [6, 6.07) is 3.03. The van der Waals surface area contributed by atoms with Crippen molar-refractivity contribution in [3.05, 3.63) is 29.6 Å². The van der Waals surface area contributed by atoms with Crippen LogP contribution in [0, 0.1) is 12.8 Å². The normalized spacial score (nSPS) is 21.7. The molecule has 1 aromatic rings. The van der Waals surface area contributed by atoms with Crippen molar-refractivity contribution in [3.8, 4) is 0 Å². The quantitative estimate of drug-likeness (QED) is 0.890. The van der Waals surface area contributed by atoms with Gasteiger partial charge in [-0.1, -0.05) is 12.5 Å². The summed E-state index contributed by atoms with van der Waals surface area (Å²) in [5.41, 5.74) is 1.93. The molecule has 2 amide bonds. The van der Waals surface area contributed by atoms with E-state index in [2.05, 4.69) is 15.6 Å². The molecule has 0 unspecified atom stereocenters. The van der Waals surface area contributed by atoms with E-state index in [-0.39, 0.29) is 12.8 Å². The number of nitrogens with zero attached hydrogens (tertiary/aromatic N) is 1. The van der Waals surface area contributed by atoms with Crippen LogP contribution in [0.4, 0.5) is 18.0 Å². The molecule has 23 heavy (non-hydrogen) atoms. The fourth-order valence-electron chi connectivity index (χ4n) is 2.82. The predicted octanol–water partition coefficient (Wildman–Crippen LogP) is 3.35. The average molecular weight is 329 g/mol. The van der Waals surface area contributed by atoms with Crippen molar-refractivity contribution < 1.29 is 18.0 Å². The molecule has 2 rings (SSSR count). The van der Waals surface area contributed by atoms with Gasteiger partial charge < -0.3 is 10.6 Å². The lowest BCUT2D eigenvalue weighted by Crippen LogP contribution is -2.46. The molecule has 1 aliphatic carbocycles. The number of hydrogen-bond acceptors (Lipinski definition) is 2. The van der Waals surface area contributed by atoms with Crippen molar-refractivity contribution in [2.24, 2.45) is 5.92 Å². The molecule has 1 aromatic heterocycles. The number of carbonyl (C=O) groups is 1. The predicted molar refractivity (Wildman–Crippen MR) is 81.0 cm³/mol. The molecule has 1 fully saturated rings. The topological polar surface area (TPSA) is 54.0 Å². The Balaban J connectivity index is 1.71. The Kier molecular flexibility index (Phi) is 5.85. The number of carbonyl (C=O) groups excluding carboxylic acids is 1. The molecule has 4 nitrogen and oxygen atoms in total. The van der Waals surface area contributed by atoms with Gasteiger partial charge in [-0.25, -0.2) is 4.79 Å². The number of rotatable bonds is 4. The van der Waals surface area contributed by atoms with Gasteiger partial charge in [-0.05, 0) is 44.2 Å². The number of halogens is 3. The van der Waals surface area contributed by atoms with Crippen LogP contribution < -0.4 is 10.6 Å². The van der Waals surface area contributed by atoms with E-state index in [4.69, 9.17) is 0 Å². The summed E-state index contributed by atoms with van der Waals surface area (Å²) in [5.74, 6) is -1.31. The van der Waals surface area contributed by atoms with Crippen molar-refractivity contribution in [2.75, 3.05) is 6.54 Å². The molecule has 128 valence electrons. The standard InChI is InChI=1S/C16H22F3N3O/c1-11-5-6-12(10-21-11)7-8-20-15(23)22-14-4-2-3-13(9-14)16(17,18)19/h5-6,10,13-14H,2-4,7-9H2,1H3,(H2,20,22,23)/t13-,14-/m1/s1. The van der Waals surface area contributed by atoms with Crippen molar-refractivity contribution >= 4 is 6.03 Å². The second kappa shape index (κ2) is 7.66. The highest BCUT2D eigenvalue weighted by molar-refractivity contribution is 5.74. The van der Waals surface area contributed by atoms with Crippen LogP contribution in [-0.2, 0) is 6.42 Å². The lowest BCUT2D eigenvalue weighted by molar-refractivity contribution is -0.183. The number of pyridine rings is 1. The SMILES string of the molecule is Cc1ccc(CCNC(=O)N[C@@H]2CCC[C@@H](C(F)(F)F)C2)cn1. The zero-order valence-electron chi connectivity index (χ0n) is 13.1. The zero-order chi connectivity index (χ0) is 16.9. The van der Waals surface area contributed by atoms with Crippen molar-refractivity contribution in [3.63, 3.8) is 0 Å². The number of nitrogens with one attached hydrogen (secondary N) is 2. The van der Waals surface area contributed by atoms with Gasteiger partial charge >= 0.3 is 12.2 Å². The summed E-state index contributed by atoms with van der Waals surface area (Å²) in [6.07, 6.45) is -0.565. The summed E-state index contributed by atoms with van der Waals surface area (Å²) in [6.45, 7) is 2.32. The van der Waals surface area contributed by atoms with E-state index in [1.165, 1.54) is 0 Å². The number of aromatic nitrogens is 1. The Bertz CT molecular complexity index is 516. The highest BCUT2D eigenvalue weighted by Crippen LogP contribution is 2.37. The van der Waals surface area contributed by atoms with Crippen LogP contribution in [0.3, 0.4) is 0 Å². The highest BCUT2D eigenvalue weighted by Gasteiger charge is 2.42. The minimum Gasteiger partial charge on any atom is -0.338 e. The monoisotopic (exact) mass is 329 g/mol. The van der Waals surface area contributed by atoms with Crippen LogP contribution in [0.1, 0.15) is 36.9 Å². The van der Waals surface area contributed by atoms with Gasteiger partial charge in [0, 0.05) is 24.5 Å². The first-order valence-corrected chi connectivity index (χ1v) is 7.87. The van der Waals surface area contributed by atoms with Gasteiger partial charge in [0.25, 0.3) is 0 Å². The number of alkyl halides is 3. The number of urea groups is 1.